The van der Waals surface area contributed by atoms with Crippen molar-refractivity contribution in [3.05, 3.63) is 54.1 Å². The Morgan fingerprint density at radius 2 is 1.58 bits per heavy atom. The quantitative estimate of drug-likeness (QED) is 0.331. The van der Waals surface area contributed by atoms with E-state index in [0.717, 1.165) is 0 Å². The zero-order valence-corrected chi connectivity index (χ0v) is 20.9. The van der Waals surface area contributed by atoms with Crippen LogP contribution in [0.4, 0.5) is 11.4 Å². The number of para-hydroxylation sites is 2. The molecule has 6 atom stereocenters. The Labute approximate surface area is 217 Å². The molecule has 2 aliphatic carbocycles. The number of nitrogens with one attached hydrogen (secondary N) is 1. The van der Waals surface area contributed by atoms with Crippen LogP contribution in [0.5, 0.6) is 5.75 Å². The van der Waals surface area contributed by atoms with Gasteiger partial charge in [-0.2, -0.15) is 0 Å². The van der Waals surface area contributed by atoms with Gasteiger partial charge in [-0.05, 0) is 61.6 Å². The normalized spacial score (nSPS) is 28.2. The Morgan fingerprint density at radius 1 is 0.972 bits per heavy atom. The number of halogens is 2. The lowest BCUT2D eigenvalue weighted by atomic mass is 9.80. The highest BCUT2D eigenvalue weighted by Crippen LogP contribution is 2.59. The molecule has 3 fully saturated rings. The van der Waals surface area contributed by atoms with E-state index in [9.17, 15) is 19.2 Å². The molecule has 1 N–H and O–H groups in total. The van der Waals surface area contributed by atoms with E-state index in [1.807, 2.05) is 6.92 Å². The van der Waals surface area contributed by atoms with Gasteiger partial charge in [0.15, 0.2) is 6.61 Å². The minimum absolute atomic E-state index is 0.105. The second-order valence-electron chi connectivity index (χ2n) is 9.12. The first-order chi connectivity index (χ1) is 17.3. The monoisotopic (exact) mass is 530 g/mol. The molecular weight excluding hydrogens is 507 g/mol. The zero-order chi connectivity index (χ0) is 25.6. The molecule has 188 valence electrons. The molecule has 3 aliphatic rings. The predicted octanol–water partition coefficient (Wildman–Crippen LogP) is 3.85. The van der Waals surface area contributed by atoms with Crippen LogP contribution in [0.1, 0.15) is 23.7 Å². The number of anilines is 2. The maximum atomic E-state index is 13.1. The van der Waals surface area contributed by atoms with Crippen LogP contribution in [0, 0.1) is 23.7 Å². The van der Waals surface area contributed by atoms with E-state index in [4.69, 9.17) is 32.7 Å². The topological polar surface area (TPSA) is 102 Å². The van der Waals surface area contributed by atoms with Crippen LogP contribution < -0.4 is 15.0 Å². The fourth-order valence-electron chi connectivity index (χ4n) is 5.60. The van der Waals surface area contributed by atoms with Crippen LogP contribution in [0.15, 0.2) is 48.5 Å². The number of rotatable bonds is 7. The van der Waals surface area contributed by atoms with Gasteiger partial charge in [0.25, 0.3) is 5.91 Å². The fourth-order valence-corrected chi connectivity index (χ4v) is 6.49. The number of imide groups is 1. The lowest BCUT2D eigenvalue weighted by molar-refractivity contribution is -0.123. The third kappa shape index (κ3) is 4.12. The highest BCUT2D eigenvalue weighted by atomic mass is 35.5. The molecule has 3 amide bonds. The number of carbonyl (C=O) groups is 4. The van der Waals surface area contributed by atoms with Gasteiger partial charge in [-0.1, -0.05) is 12.1 Å². The van der Waals surface area contributed by atoms with E-state index in [2.05, 4.69) is 5.32 Å². The molecule has 1 saturated heterocycles. The van der Waals surface area contributed by atoms with Gasteiger partial charge in [-0.25, -0.2) is 4.79 Å². The van der Waals surface area contributed by atoms with Crippen molar-refractivity contribution in [2.75, 3.05) is 23.4 Å². The van der Waals surface area contributed by atoms with Crippen LogP contribution in [0.2, 0.25) is 0 Å². The van der Waals surface area contributed by atoms with Gasteiger partial charge in [0, 0.05) is 0 Å². The summed E-state index contributed by atoms with van der Waals surface area (Å²) < 4.78 is 10.6. The maximum Gasteiger partial charge on any atom is 0.338 e. The summed E-state index contributed by atoms with van der Waals surface area (Å²) in [5.74, 6) is -2.36. The number of fused-ring (bicyclic) bond motifs is 5. The molecule has 0 spiro atoms. The minimum atomic E-state index is -0.709. The second kappa shape index (κ2) is 9.75. The van der Waals surface area contributed by atoms with E-state index in [0.29, 0.717) is 30.2 Å². The van der Waals surface area contributed by atoms with Gasteiger partial charge in [0.1, 0.15) is 5.75 Å². The molecule has 10 heteroatoms. The summed E-state index contributed by atoms with van der Waals surface area (Å²) in [5.41, 5.74) is 1.03. The van der Waals surface area contributed by atoms with Crippen molar-refractivity contribution in [1.29, 1.82) is 0 Å². The number of carbonyl (C=O) groups excluding carboxylic acids is 4. The summed E-state index contributed by atoms with van der Waals surface area (Å²) in [6.45, 7) is 1.78. The standard InChI is InChI=1S/C26H24Cl2N2O6/c1-2-35-18-6-4-3-5-17(18)29-19(31)12-36-26(34)13-7-9-14(10-8-13)30-24(32)20-15-11-16(21(20)25(30)33)23(28)22(15)27/h3-10,15-16,20-23H,2,11-12H2,1H3,(H,29,31)/t15-,16-,20-,21-,22-,23+/m1/s1. The number of hydrogen-bond acceptors (Lipinski definition) is 6. The number of amides is 3. The minimum Gasteiger partial charge on any atom is -0.492 e. The van der Waals surface area contributed by atoms with Crippen LogP contribution in [-0.2, 0) is 19.1 Å². The van der Waals surface area contributed by atoms with Crippen molar-refractivity contribution in [3.8, 4) is 5.75 Å². The van der Waals surface area contributed by atoms with Gasteiger partial charge in [0.05, 0.1) is 46.1 Å². The summed E-state index contributed by atoms with van der Waals surface area (Å²) in [5, 5.41) is 2.01. The van der Waals surface area contributed by atoms with Gasteiger partial charge < -0.3 is 14.8 Å². The largest absolute Gasteiger partial charge is 0.492 e. The van der Waals surface area contributed by atoms with Gasteiger partial charge in [-0.3, -0.25) is 19.3 Å². The molecule has 2 saturated carbocycles. The van der Waals surface area contributed by atoms with Crippen LogP contribution in [-0.4, -0.2) is 47.7 Å². The Kier molecular flexibility index (Phi) is 6.66. The Morgan fingerprint density at radius 3 is 2.19 bits per heavy atom. The first kappa shape index (κ1) is 24.6. The van der Waals surface area contributed by atoms with Crippen LogP contribution >= 0.6 is 23.2 Å². The number of alkyl halides is 2. The van der Waals surface area contributed by atoms with E-state index < -0.39 is 30.3 Å². The summed E-state index contributed by atoms with van der Waals surface area (Å²) in [7, 11) is 0. The van der Waals surface area contributed by atoms with Crippen molar-refractivity contribution < 1.29 is 28.7 Å². The number of esters is 1. The molecule has 0 radical (unpaired) electrons. The Bertz CT molecular complexity index is 1190. The van der Waals surface area contributed by atoms with Crippen molar-refractivity contribution in [1.82, 2.24) is 0 Å². The number of benzene rings is 2. The van der Waals surface area contributed by atoms with Crippen molar-refractivity contribution in [2.24, 2.45) is 23.7 Å². The highest BCUT2D eigenvalue weighted by Gasteiger charge is 2.66. The Hall–Kier alpha value is -3.10. The number of hydrogen-bond donors (Lipinski definition) is 1. The van der Waals surface area contributed by atoms with Gasteiger partial charge >= 0.3 is 5.97 Å². The highest BCUT2D eigenvalue weighted by molar-refractivity contribution is 6.32. The van der Waals surface area contributed by atoms with Crippen molar-refractivity contribution in [2.45, 2.75) is 24.1 Å². The summed E-state index contributed by atoms with van der Waals surface area (Å²) in [6.07, 6.45) is 0.693. The SMILES string of the molecule is CCOc1ccccc1NC(=O)COC(=O)c1ccc(N2C(=O)[C@@H]3[C@H]4C[C@@H]([C@@H](Cl)[C@H]4Cl)[C@H]3C2=O)cc1. The van der Waals surface area contributed by atoms with E-state index in [1.165, 1.54) is 29.2 Å². The predicted molar refractivity (Wildman–Crippen MR) is 133 cm³/mol. The molecule has 1 aliphatic heterocycles. The van der Waals surface area contributed by atoms with Crippen LogP contribution in [0.25, 0.3) is 0 Å². The molecule has 8 nitrogen and oxygen atoms in total. The molecule has 5 rings (SSSR count). The molecule has 1 heterocycles. The number of nitrogens with zero attached hydrogens (tertiary/aromatic N) is 1. The second-order valence-corrected chi connectivity index (χ2v) is 10.1. The lowest BCUT2D eigenvalue weighted by Gasteiger charge is -2.28. The number of ether oxygens (including phenoxy) is 2. The maximum absolute atomic E-state index is 13.1. The van der Waals surface area contributed by atoms with Crippen molar-refractivity contribution in [3.63, 3.8) is 0 Å². The molecule has 2 aromatic carbocycles. The molecule has 2 aromatic rings. The summed E-state index contributed by atoms with van der Waals surface area (Å²) in [4.78, 5) is 52.1. The molecule has 36 heavy (non-hydrogen) atoms. The molecule has 2 bridgehead atoms. The van der Waals surface area contributed by atoms with E-state index >= 15 is 0 Å². The Balaban J connectivity index is 1.20. The first-order valence-electron chi connectivity index (χ1n) is 11.8. The lowest BCUT2D eigenvalue weighted by Crippen LogP contribution is -2.37. The third-order valence-electron chi connectivity index (χ3n) is 7.14. The van der Waals surface area contributed by atoms with E-state index in [-0.39, 0.29) is 40.0 Å². The van der Waals surface area contributed by atoms with Crippen LogP contribution in [0.3, 0.4) is 0 Å². The fraction of sp³-hybridized carbons (Fsp3) is 0.385. The van der Waals surface area contributed by atoms with Gasteiger partial charge in [0.2, 0.25) is 11.8 Å². The molecule has 0 aromatic heterocycles. The summed E-state index contributed by atoms with van der Waals surface area (Å²) in [6, 6.07) is 12.9. The third-order valence-corrected chi connectivity index (χ3v) is 8.46. The summed E-state index contributed by atoms with van der Waals surface area (Å²) >= 11 is 12.8. The molecule has 0 unspecified atom stereocenters. The smallest absolute Gasteiger partial charge is 0.338 e. The zero-order valence-electron chi connectivity index (χ0n) is 19.4. The average molecular weight is 531 g/mol. The average Bonchev–Trinajstić information content (AvgIpc) is 3.49. The first-order valence-corrected chi connectivity index (χ1v) is 12.6. The van der Waals surface area contributed by atoms with Gasteiger partial charge in [-0.15, -0.1) is 23.2 Å². The van der Waals surface area contributed by atoms with E-state index in [1.54, 1.807) is 24.3 Å². The van der Waals surface area contributed by atoms with Crippen molar-refractivity contribution >= 4 is 58.3 Å². The molecular formula is C26H24Cl2N2O6.